The molecule has 124 valence electrons. The summed E-state index contributed by atoms with van der Waals surface area (Å²) < 4.78 is 2.18. The highest BCUT2D eigenvalue weighted by Crippen LogP contribution is 2.22. The molecule has 0 radical (unpaired) electrons. The number of nitrogens with zero attached hydrogens (tertiary/aromatic N) is 3. The fourth-order valence-electron chi connectivity index (χ4n) is 2.97. The molecule has 0 aliphatic carbocycles. The average Bonchev–Trinajstić information content (AvgIpc) is 2.97. The second kappa shape index (κ2) is 8.15. The van der Waals surface area contributed by atoms with Gasteiger partial charge in [0.05, 0.1) is 25.4 Å². The van der Waals surface area contributed by atoms with E-state index in [1.807, 2.05) is 24.3 Å². The summed E-state index contributed by atoms with van der Waals surface area (Å²) in [5, 5.41) is 10.6. The van der Waals surface area contributed by atoms with Crippen LogP contribution in [0.15, 0.2) is 29.4 Å². The number of likely N-dealkylation sites (tertiary alicyclic amines) is 1. The van der Waals surface area contributed by atoms with Crippen molar-refractivity contribution in [2.75, 3.05) is 25.4 Å². The fraction of sp³-hybridized carbons (Fsp3) is 0.500. The van der Waals surface area contributed by atoms with Crippen LogP contribution in [0, 0.1) is 0 Å². The molecule has 2 aromatic rings. The van der Waals surface area contributed by atoms with Crippen LogP contribution in [0.4, 0.5) is 0 Å². The Morgan fingerprint density at radius 2 is 1.87 bits per heavy atom. The number of rotatable bonds is 6. The molecule has 4 N–H and O–H groups in total. The smallest absolute Gasteiger partial charge is 0.196 e. The van der Waals surface area contributed by atoms with Crippen LogP contribution >= 0.6 is 23.4 Å². The molecule has 1 aliphatic rings. The molecule has 0 unspecified atom stereocenters. The molecule has 1 fully saturated rings. The lowest BCUT2D eigenvalue weighted by atomic mass is 10.1. The summed E-state index contributed by atoms with van der Waals surface area (Å²) in [6.45, 7) is 4.27. The molecule has 0 spiro atoms. The van der Waals surface area contributed by atoms with Crippen LogP contribution < -0.4 is 10.6 Å². The van der Waals surface area contributed by atoms with E-state index < -0.39 is 0 Å². The highest BCUT2D eigenvalue weighted by atomic mass is 35.5. The van der Waals surface area contributed by atoms with E-state index in [9.17, 15) is 0 Å². The molecule has 1 aromatic heterocycles. The third kappa shape index (κ3) is 4.26. The number of quaternary nitrogens is 2. The van der Waals surface area contributed by atoms with Crippen LogP contribution in [0.2, 0.25) is 5.02 Å². The minimum absolute atomic E-state index is 0.747. The minimum Gasteiger partial charge on any atom is -0.357 e. The maximum atomic E-state index is 6.03. The monoisotopic (exact) mass is 353 g/mol. The minimum atomic E-state index is 0.747. The Morgan fingerprint density at radius 1 is 1.13 bits per heavy atom. The number of hydrogen-bond acceptors (Lipinski definition) is 3. The predicted molar refractivity (Wildman–Crippen MR) is 93.1 cm³/mol. The predicted octanol–water partition coefficient (Wildman–Crippen LogP) is 0.824. The first-order valence-electron chi connectivity index (χ1n) is 8.24. The van der Waals surface area contributed by atoms with Gasteiger partial charge in [-0.15, -0.1) is 10.2 Å². The van der Waals surface area contributed by atoms with Crippen molar-refractivity contribution in [3.63, 3.8) is 0 Å². The molecule has 0 amide bonds. The zero-order valence-electron chi connectivity index (χ0n) is 13.3. The Kier molecular flexibility index (Phi) is 5.94. The number of piperidine rings is 1. The van der Waals surface area contributed by atoms with Gasteiger partial charge in [0.25, 0.3) is 0 Å². The van der Waals surface area contributed by atoms with Gasteiger partial charge in [0.15, 0.2) is 11.0 Å². The van der Waals surface area contributed by atoms with Gasteiger partial charge in [0, 0.05) is 10.7 Å². The molecule has 1 aromatic carbocycles. The van der Waals surface area contributed by atoms with Gasteiger partial charge < -0.3 is 10.6 Å². The van der Waals surface area contributed by atoms with Gasteiger partial charge >= 0.3 is 0 Å². The van der Waals surface area contributed by atoms with Crippen molar-refractivity contribution in [1.29, 1.82) is 0 Å². The van der Waals surface area contributed by atoms with Gasteiger partial charge in [0.1, 0.15) is 6.54 Å². The largest absolute Gasteiger partial charge is 0.357 e. The first kappa shape index (κ1) is 16.8. The van der Waals surface area contributed by atoms with Crippen molar-refractivity contribution in [1.82, 2.24) is 14.8 Å². The SMILES string of the molecule is [NH3+]CCSc1nnc(C[NH+]2CCCCC2)n1-c1ccc(Cl)cc1. The van der Waals surface area contributed by atoms with E-state index in [-0.39, 0.29) is 0 Å². The van der Waals surface area contributed by atoms with Gasteiger partial charge in [-0.3, -0.25) is 4.57 Å². The summed E-state index contributed by atoms with van der Waals surface area (Å²) in [4.78, 5) is 1.60. The van der Waals surface area contributed by atoms with E-state index in [2.05, 4.69) is 20.5 Å². The van der Waals surface area contributed by atoms with Crippen molar-refractivity contribution in [2.24, 2.45) is 0 Å². The quantitative estimate of drug-likeness (QED) is 0.756. The molecule has 23 heavy (non-hydrogen) atoms. The van der Waals surface area contributed by atoms with Crippen molar-refractivity contribution in [2.45, 2.75) is 31.0 Å². The van der Waals surface area contributed by atoms with Crippen molar-refractivity contribution in [3.05, 3.63) is 35.1 Å². The molecule has 1 aliphatic heterocycles. The molecular formula is C16H24ClN5S+2. The lowest BCUT2D eigenvalue weighted by molar-refractivity contribution is -0.919. The highest BCUT2D eigenvalue weighted by Gasteiger charge is 2.21. The van der Waals surface area contributed by atoms with Crippen LogP contribution in [-0.4, -0.2) is 40.2 Å². The average molecular weight is 354 g/mol. The second-order valence-electron chi connectivity index (χ2n) is 5.90. The molecule has 0 bridgehead atoms. The number of benzene rings is 1. The number of nitrogens with one attached hydrogen (secondary N) is 1. The first-order valence-corrected chi connectivity index (χ1v) is 9.60. The number of hydrogen-bond donors (Lipinski definition) is 2. The Morgan fingerprint density at radius 3 is 2.57 bits per heavy atom. The molecule has 2 heterocycles. The zero-order chi connectivity index (χ0) is 16.1. The van der Waals surface area contributed by atoms with Gasteiger partial charge in [0.2, 0.25) is 0 Å². The second-order valence-corrected chi connectivity index (χ2v) is 7.40. The number of thioether (sulfide) groups is 1. The lowest BCUT2D eigenvalue weighted by Crippen LogP contribution is -3.11. The maximum absolute atomic E-state index is 6.03. The van der Waals surface area contributed by atoms with Crippen molar-refractivity contribution < 1.29 is 10.6 Å². The molecule has 3 rings (SSSR count). The summed E-state index contributed by atoms with van der Waals surface area (Å²) in [6, 6.07) is 7.92. The van der Waals surface area contributed by atoms with Crippen molar-refractivity contribution in [3.8, 4) is 5.69 Å². The Balaban J connectivity index is 1.88. The molecule has 0 saturated carbocycles. The van der Waals surface area contributed by atoms with E-state index >= 15 is 0 Å². The third-order valence-electron chi connectivity index (χ3n) is 4.13. The standard InChI is InChI=1S/C16H22ClN5S/c17-13-4-6-14(7-5-13)22-15(12-21-9-2-1-3-10-21)19-20-16(22)23-11-8-18/h4-7H,1-3,8-12,18H2/p+2. The van der Waals surface area contributed by atoms with Crippen LogP contribution in [0.3, 0.4) is 0 Å². The normalized spacial score (nSPS) is 15.9. The summed E-state index contributed by atoms with van der Waals surface area (Å²) in [5.41, 5.74) is 5.00. The van der Waals surface area contributed by atoms with Crippen LogP contribution in [0.1, 0.15) is 25.1 Å². The Hall–Kier alpha value is -1.08. The fourth-order valence-corrected chi connectivity index (χ4v) is 3.86. The zero-order valence-corrected chi connectivity index (χ0v) is 14.9. The van der Waals surface area contributed by atoms with Gasteiger partial charge in [-0.05, 0) is 43.5 Å². The van der Waals surface area contributed by atoms with E-state index in [0.717, 1.165) is 40.5 Å². The Bertz CT molecular complexity index is 622. The lowest BCUT2D eigenvalue weighted by Gasteiger charge is -2.23. The number of aromatic nitrogens is 3. The van der Waals surface area contributed by atoms with Gasteiger partial charge in [-0.1, -0.05) is 23.4 Å². The highest BCUT2D eigenvalue weighted by molar-refractivity contribution is 7.99. The van der Waals surface area contributed by atoms with Crippen LogP contribution in [-0.2, 0) is 6.54 Å². The molecule has 7 heteroatoms. The van der Waals surface area contributed by atoms with E-state index in [1.54, 1.807) is 16.7 Å². The summed E-state index contributed by atoms with van der Waals surface area (Å²) >= 11 is 7.75. The van der Waals surface area contributed by atoms with Gasteiger partial charge in [-0.2, -0.15) is 0 Å². The summed E-state index contributed by atoms with van der Waals surface area (Å²) in [5.74, 6) is 1.98. The maximum Gasteiger partial charge on any atom is 0.196 e. The summed E-state index contributed by atoms with van der Waals surface area (Å²) in [6.07, 6.45) is 3.99. The summed E-state index contributed by atoms with van der Waals surface area (Å²) in [7, 11) is 0. The van der Waals surface area contributed by atoms with E-state index in [1.165, 1.54) is 32.4 Å². The van der Waals surface area contributed by atoms with E-state index in [4.69, 9.17) is 11.6 Å². The topological polar surface area (TPSA) is 62.8 Å². The molecular weight excluding hydrogens is 330 g/mol. The molecule has 0 atom stereocenters. The van der Waals surface area contributed by atoms with Crippen LogP contribution in [0.5, 0.6) is 0 Å². The van der Waals surface area contributed by atoms with Crippen molar-refractivity contribution >= 4 is 23.4 Å². The Labute approximate surface area is 146 Å². The van der Waals surface area contributed by atoms with Crippen LogP contribution in [0.25, 0.3) is 5.69 Å². The van der Waals surface area contributed by atoms with Gasteiger partial charge in [-0.25, -0.2) is 0 Å². The first-order chi connectivity index (χ1) is 11.3. The molecule has 5 nitrogen and oxygen atoms in total. The van der Waals surface area contributed by atoms with E-state index in [0.29, 0.717) is 0 Å². The number of halogens is 1. The molecule has 1 saturated heterocycles. The third-order valence-corrected chi connectivity index (χ3v) is 5.40.